The van der Waals surface area contributed by atoms with Crippen molar-refractivity contribution in [2.24, 2.45) is 0 Å². The van der Waals surface area contributed by atoms with Crippen molar-refractivity contribution in [2.45, 2.75) is 38.2 Å². The Morgan fingerprint density at radius 1 is 1.26 bits per heavy atom. The summed E-state index contributed by atoms with van der Waals surface area (Å²) in [6.45, 7) is 2.31. The van der Waals surface area contributed by atoms with E-state index in [0.29, 0.717) is 34.5 Å². The van der Waals surface area contributed by atoms with Gasteiger partial charge in [0.05, 0.1) is 22.3 Å². The van der Waals surface area contributed by atoms with Crippen LogP contribution in [0, 0.1) is 5.82 Å². The van der Waals surface area contributed by atoms with Crippen LogP contribution in [0.15, 0.2) is 45.2 Å². The van der Waals surface area contributed by atoms with E-state index in [1.165, 1.54) is 6.07 Å². The van der Waals surface area contributed by atoms with E-state index in [1.54, 1.807) is 12.1 Å². The normalized spacial score (nSPS) is 24.6. The van der Waals surface area contributed by atoms with Gasteiger partial charge in [-0.25, -0.2) is 9.18 Å². The number of hydrogen-bond acceptors (Lipinski definition) is 5. The van der Waals surface area contributed by atoms with Crippen LogP contribution in [0.3, 0.4) is 0 Å². The zero-order valence-electron chi connectivity index (χ0n) is 14.8. The first-order chi connectivity index (χ1) is 13.0. The molecule has 3 aliphatic heterocycles. The third-order valence-electron chi connectivity index (χ3n) is 5.15. The maximum atomic E-state index is 13.8. The number of esters is 1. The molecule has 0 unspecified atom stereocenters. The van der Waals surface area contributed by atoms with Gasteiger partial charge in [0.1, 0.15) is 18.5 Å². The fraction of sp³-hybridized carbons (Fsp3) is 0.400. The largest absolute Gasteiger partial charge is 0.452 e. The van der Waals surface area contributed by atoms with Crippen molar-refractivity contribution in [3.8, 4) is 0 Å². The van der Waals surface area contributed by atoms with Crippen molar-refractivity contribution in [2.75, 3.05) is 13.2 Å². The third kappa shape index (κ3) is 3.12. The Morgan fingerprint density at radius 2 is 2.07 bits per heavy atom. The van der Waals surface area contributed by atoms with Gasteiger partial charge in [0.15, 0.2) is 5.78 Å². The molecule has 0 amide bonds. The molecule has 1 aromatic carbocycles. The van der Waals surface area contributed by atoms with Crippen molar-refractivity contribution in [3.63, 3.8) is 0 Å². The summed E-state index contributed by atoms with van der Waals surface area (Å²) in [5.74, 6) is -1.58. The molecular weight excluding hydrogens is 417 g/mol. The smallest absolute Gasteiger partial charge is 0.337 e. The minimum atomic E-state index is -0.580. The summed E-state index contributed by atoms with van der Waals surface area (Å²) in [7, 11) is 0. The number of benzene rings is 1. The summed E-state index contributed by atoms with van der Waals surface area (Å²) in [5, 5.41) is 3.24. The maximum Gasteiger partial charge on any atom is 0.337 e. The van der Waals surface area contributed by atoms with Gasteiger partial charge < -0.3 is 14.8 Å². The van der Waals surface area contributed by atoms with Gasteiger partial charge in [0.2, 0.25) is 0 Å². The highest BCUT2D eigenvalue weighted by atomic mass is 79.9. The second-order valence-corrected chi connectivity index (χ2v) is 7.76. The first-order valence-electron chi connectivity index (χ1n) is 9.02. The lowest BCUT2D eigenvalue weighted by atomic mass is 9.78. The zero-order valence-corrected chi connectivity index (χ0v) is 16.4. The summed E-state index contributed by atoms with van der Waals surface area (Å²) in [6, 6.07) is 4.57. The minimum absolute atomic E-state index is 0.0314. The van der Waals surface area contributed by atoms with Crippen LogP contribution >= 0.6 is 15.9 Å². The molecule has 0 fully saturated rings. The van der Waals surface area contributed by atoms with Crippen LogP contribution in [0.25, 0.3) is 0 Å². The van der Waals surface area contributed by atoms with Gasteiger partial charge in [-0.2, -0.15) is 0 Å². The first-order valence-corrected chi connectivity index (χ1v) is 9.81. The minimum Gasteiger partial charge on any atom is -0.452 e. The molecule has 2 atom stereocenters. The lowest BCUT2D eigenvalue weighted by Crippen LogP contribution is -2.38. The fourth-order valence-electron chi connectivity index (χ4n) is 3.89. The number of nitrogens with one attached hydrogen (secondary N) is 1. The molecule has 4 rings (SSSR count). The summed E-state index contributed by atoms with van der Waals surface area (Å²) < 4.78 is 25.0. The Kier molecular flexibility index (Phi) is 4.90. The Morgan fingerprint density at radius 3 is 2.81 bits per heavy atom. The van der Waals surface area contributed by atoms with Crippen LogP contribution in [-0.4, -0.2) is 31.1 Å². The summed E-state index contributed by atoms with van der Waals surface area (Å²) in [4.78, 5) is 25.4. The topological polar surface area (TPSA) is 64.6 Å². The van der Waals surface area contributed by atoms with E-state index in [9.17, 15) is 14.0 Å². The molecule has 1 aromatic rings. The number of carbonyl (C=O) groups is 2. The number of cyclic esters (lactones) is 1. The molecule has 3 heterocycles. The predicted molar refractivity (Wildman–Crippen MR) is 99.3 cm³/mol. The molecule has 27 heavy (non-hydrogen) atoms. The van der Waals surface area contributed by atoms with Crippen LogP contribution in [-0.2, 0) is 19.1 Å². The molecule has 0 aliphatic carbocycles. The van der Waals surface area contributed by atoms with E-state index in [1.807, 2.05) is 0 Å². The molecule has 1 N–H and O–H groups in total. The standard InChI is InChI=1S/C20H19BrFNO4/c1-2-3-4-15-19-18(20(25)27-15)16(10-5-6-12(22)11(21)7-10)17-13(23-19)8-26-9-14(17)24/h5-7,15-16,23H,2-4,8-9H2,1H3/t15-,16-/m1/s1. The lowest BCUT2D eigenvalue weighted by Gasteiger charge is -2.32. The second kappa shape index (κ2) is 7.20. The fourth-order valence-corrected chi connectivity index (χ4v) is 4.29. The number of carbonyl (C=O) groups excluding carboxylic acids is 2. The molecule has 7 heteroatoms. The maximum absolute atomic E-state index is 13.8. The van der Waals surface area contributed by atoms with E-state index in [0.717, 1.165) is 12.8 Å². The molecule has 5 nitrogen and oxygen atoms in total. The van der Waals surface area contributed by atoms with E-state index < -0.39 is 17.7 Å². The number of dihydropyridines is 1. The highest BCUT2D eigenvalue weighted by Crippen LogP contribution is 2.45. The van der Waals surface area contributed by atoms with Gasteiger partial charge in [0.25, 0.3) is 0 Å². The van der Waals surface area contributed by atoms with Gasteiger partial charge in [-0.1, -0.05) is 19.4 Å². The highest BCUT2D eigenvalue weighted by Gasteiger charge is 2.46. The molecule has 142 valence electrons. The van der Waals surface area contributed by atoms with Crippen LogP contribution < -0.4 is 5.32 Å². The number of ketones is 1. The Balaban J connectivity index is 1.85. The van der Waals surface area contributed by atoms with Gasteiger partial charge in [-0.3, -0.25) is 4.79 Å². The van der Waals surface area contributed by atoms with Crippen molar-refractivity contribution >= 4 is 27.7 Å². The summed E-state index contributed by atoms with van der Waals surface area (Å²) in [6.07, 6.45) is 2.26. The van der Waals surface area contributed by atoms with E-state index in [4.69, 9.17) is 9.47 Å². The molecule has 0 radical (unpaired) electrons. The van der Waals surface area contributed by atoms with Crippen molar-refractivity contribution in [3.05, 3.63) is 56.6 Å². The SMILES string of the molecule is CCCC[C@H]1OC(=O)C2=C1NC1=C(C(=O)COC1)[C@H]2c1ccc(F)c(Br)c1. The molecule has 0 bridgehead atoms. The average Bonchev–Trinajstić information content (AvgIpc) is 2.96. The highest BCUT2D eigenvalue weighted by molar-refractivity contribution is 9.10. The monoisotopic (exact) mass is 435 g/mol. The Hall–Kier alpha value is -1.99. The Labute approximate surface area is 164 Å². The molecule has 0 aromatic heterocycles. The third-order valence-corrected chi connectivity index (χ3v) is 5.75. The number of unbranched alkanes of at least 4 members (excludes halogenated alkanes) is 1. The van der Waals surface area contributed by atoms with Crippen LogP contribution in [0.4, 0.5) is 4.39 Å². The molecule has 0 saturated carbocycles. The number of hydrogen-bond donors (Lipinski definition) is 1. The van der Waals surface area contributed by atoms with Crippen LogP contribution in [0.2, 0.25) is 0 Å². The van der Waals surface area contributed by atoms with Crippen LogP contribution in [0.1, 0.15) is 37.7 Å². The van der Waals surface area contributed by atoms with Crippen molar-refractivity contribution in [1.82, 2.24) is 5.32 Å². The van der Waals surface area contributed by atoms with Crippen LogP contribution in [0.5, 0.6) is 0 Å². The first kappa shape index (κ1) is 18.4. The average molecular weight is 436 g/mol. The van der Waals surface area contributed by atoms with Crippen molar-refractivity contribution < 1.29 is 23.5 Å². The predicted octanol–water partition coefficient (Wildman–Crippen LogP) is 3.50. The number of halogens is 2. The molecule has 3 aliphatic rings. The summed E-state index contributed by atoms with van der Waals surface area (Å²) >= 11 is 3.20. The number of Topliss-reactive ketones (excluding diaryl/α,β-unsaturated/α-hetero) is 1. The van der Waals surface area contributed by atoms with E-state index in [-0.39, 0.29) is 29.6 Å². The van der Waals surface area contributed by atoms with E-state index in [2.05, 4.69) is 28.2 Å². The van der Waals surface area contributed by atoms with E-state index >= 15 is 0 Å². The van der Waals surface area contributed by atoms with Gasteiger partial charge in [0, 0.05) is 17.2 Å². The van der Waals surface area contributed by atoms with Crippen molar-refractivity contribution in [1.29, 1.82) is 0 Å². The second-order valence-electron chi connectivity index (χ2n) is 6.90. The molecule has 0 saturated heterocycles. The van der Waals surface area contributed by atoms with Gasteiger partial charge in [-0.15, -0.1) is 0 Å². The van der Waals surface area contributed by atoms with Gasteiger partial charge in [-0.05, 0) is 46.5 Å². The molecular formula is C20H19BrFNO4. The number of ether oxygens (including phenoxy) is 2. The number of rotatable bonds is 4. The Bertz CT molecular complexity index is 892. The molecule has 0 spiro atoms. The zero-order chi connectivity index (χ0) is 19.1. The van der Waals surface area contributed by atoms with Gasteiger partial charge >= 0.3 is 5.97 Å². The lowest BCUT2D eigenvalue weighted by molar-refractivity contribution is -0.140. The quantitative estimate of drug-likeness (QED) is 0.733. The summed E-state index contributed by atoms with van der Waals surface area (Å²) in [5.41, 5.74) is 2.99.